The highest BCUT2D eigenvalue weighted by Gasteiger charge is 2.38. The van der Waals surface area contributed by atoms with Gasteiger partial charge in [0.25, 0.3) is 5.91 Å². The highest BCUT2D eigenvalue weighted by atomic mass is 32.2. The summed E-state index contributed by atoms with van der Waals surface area (Å²) >= 11 is 1.63. The van der Waals surface area contributed by atoms with Crippen LogP contribution in [0.2, 0.25) is 0 Å². The number of alkyl halides is 3. The first-order valence-electron chi connectivity index (χ1n) is 6.36. The lowest BCUT2D eigenvalue weighted by Crippen LogP contribution is -2.50. The molecule has 1 aliphatic rings. The first-order valence-corrected chi connectivity index (χ1v) is 7.51. The van der Waals surface area contributed by atoms with Gasteiger partial charge in [0.05, 0.1) is 11.3 Å². The summed E-state index contributed by atoms with van der Waals surface area (Å²) in [7, 11) is 0. The van der Waals surface area contributed by atoms with E-state index in [-0.39, 0.29) is 18.5 Å². The number of aliphatic hydroxyl groups is 1. The molecule has 3 N–H and O–H groups in total. The quantitative estimate of drug-likeness (QED) is 0.749. The van der Waals surface area contributed by atoms with Crippen molar-refractivity contribution in [1.82, 2.24) is 5.43 Å². The Kier molecular flexibility index (Phi) is 4.67. The second-order valence-corrected chi connectivity index (χ2v) is 5.99. The molecule has 1 heterocycles. The number of carbonyl (C=O) groups excluding carboxylic acids is 1. The predicted octanol–water partition coefficient (Wildman–Crippen LogP) is 2.41. The van der Waals surface area contributed by atoms with Crippen molar-refractivity contribution in [3.8, 4) is 0 Å². The summed E-state index contributed by atoms with van der Waals surface area (Å²) < 4.78 is 38.4. The van der Waals surface area contributed by atoms with Gasteiger partial charge in [-0.15, -0.1) is 0 Å². The summed E-state index contributed by atoms with van der Waals surface area (Å²) in [6.07, 6.45) is -3.95. The predicted molar refractivity (Wildman–Crippen MR) is 74.7 cm³/mol. The largest absolute Gasteiger partial charge is 0.418 e. The van der Waals surface area contributed by atoms with Crippen LogP contribution in [0.5, 0.6) is 0 Å². The van der Waals surface area contributed by atoms with Gasteiger partial charge in [-0.05, 0) is 36.5 Å². The number of anilines is 1. The molecular weight excluding hydrogens is 305 g/mol. The minimum atomic E-state index is -4.52. The molecule has 0 aromatic heterocycles. The molecule has 0 spiro atoms. The van der Waals surface area contributed by atoms with Gasteiger partial charge in [0.2, 0.25) is 0 Å². The molecule has 0 radical (unpaired) electrons. The maximum absolute atomic E-state index is 12.8. The Morgan fingerprint density at radius 1 is 1.24 bits per heavy atom. The number of benzene rings is 1. The highest BCUT2D eigenvalue weighted by Crippen LogP contribution is 2.34. The molecule has 8 heteroatoms. The molecule has 0 atom stereocenters. The molecule has 1 fully saturated rings. The van der Waals surface area contributed by atoms with Crippen LogP contribution in [-0.2, 0) is 11.0 Å². The third-order valence-corrected chi connectivity index (χ3v) is 4.27. The van der Waals surface area contributed by atoms with E-state index in [4.69, 9.17) is 0 Å². The maximum Gasteiger partial charge on any atom is 0.418 e. The van der Waals surface area contributed by atoms with Crippen LogP contribution in [0.4, 0.5) is 18.9 Å². The third kappa shape index (κ3) is 3.82. The zero-order valence-electron chi connectivity index (χ0n) is 11.0. The van der Waals surface area contributed by atoms with Crippen molar-refractivity contribution in [2.75, 3.05) is 16.9 Å². The topological polar surface area (TPSA) is 61.4 Å². The molecule has 21 heavy (non-hydrogen) atoms. The van der Waals surface area contributed by atoms with Gasteiger partial charge in [-0.2, -0.15) is 24.9 Å². The summed E-state index contributed by atoms with van der Waals surface area (Å²) in [4.78, 5) is 11.9. The lowest BCUT2D eigenvalue weighted by Gasteiger charge is -2.30. The Bertz CT molecular complexity index is 516. The minimum absolute atomic E-state index is 0.257. The first kappa shape index (κ1) is 16.0. The average Bonchev–Trinajstić information content (AvgIpc) is 2.45. The number of nitrogens with one attached hydrogen (secondary N) is 2. The van der Waals surface area contributed by atoms with Crippen molar-refractivity contribution in [3.05, 3.63) is 29.8 Å². The van der Waals surface area contributed by atoms with E-state index in [1.165, 1.54) is 18.2 Å². The van der Waals surface area contributed by atoms with Crippen molar-refractivity contribution < 1.29 is 23.1 Å². The van der Waals surface area contributed by atoms with E-state index in [0.717, 1.165) is 6.07 Å². The normalized spacial score (nSPS) is 18.1. The monoisotopic (exact) mass is 320 g/mol. The molecule has 4 nitrogen and oxygen atoms in total. The first-order chi connectivity index (χ1) is 9.83. The third-order valence-electron chi connectivity index (χ3n) is 3.29. The van der Waals surface area contributed by atoms with Crippen molar-refractivity contribution in [2.24, 2.45) is 0 Å². The van der Waals surface area contributed by atoms with Gasteiger partial charge < -0.3 is 5.11 Å². The number of hydrogen-bond acceptors (Lipinski definition) is 4. The number of halogens is 3. The molecular formula is C13H15F3N2O2S. The smallest absolute Gasteiger partial charge is 0.380 e. The lowest BCUT2D eigenvalue weighted by molar-refractivity contribution is -0.140. The average molecular weight is 320 g/mol. The number of thioether (sulfide) groups is 1. The van der Waals surface area contributed by atoms with Crippen molar-refractivity contribution in [3.63, 3.8) is 0 Å². The van der Waals surface area contributed by atoms with Crippen LogP contribution in [0.1, 0.15) is 18.4 Å². The summed E-state index contributed by atoms with van der Waals surface area (Å²) in [5.74, 6) is 0.575. The second-order valence-electron chi connectivity index (χ2n) is 4.77. The minimum Gasteiger partial charge on any atom is -0.380 e. The van der Waals surface area contributed by atoms with E-state index in [1.807, 2.05) is 0 Å². The Labute approximate surface area is 124 Å². The summed E-state index contributed by atoms with van der Waals surface area (Å²) in [5.41, 5.74) is 1.77. The molecule has 1 amide bonds. The fraction of sp³-hybridized carbons (Fsp3) is 0.462. The summed E-state index contributed by atoms with van der Waals surface area (Å²) in [5, 5.41) is 10.2. The summed E-state index contributed by atoms with van der Waals surface area (Å²) in [6.45, 7) is 0. The van der Waals surface area contributed by atoms with Gasteiger partial charge in [0.15, 0.2) is 0 Å². The van der Waals surface area contributed by atoms with E-state index in [2.05, 4.69) is 10.9 Å². The van der Waals surface area contributed by atoms with Crippen LogP contribution in [0.15, 0.2) is 24.3 Å². The molecule has 1 aliphatic heterocycles. The molecule has 0 saturated carbocycles. The van der Waals surface area contributed by atoms with Gasteiger partial charge >= 0.3 is 6.18 Å². The van der Waals surface area contributed by atoms with Crippen molar-refractivity contribution in [2.45, 2.75) is 24.6 Å². The van der Waals surface area contributed by atoms with Crippen LogP contribution in [-0.4, -0.2) is 28.1 Å². The zero-order chi connectivity index (χ0) is 15.5. The Morgan fingerprint density at radius 3 is 2.48 bits per heavy atom. The molecule has 0 unspecified atom stereocenters. The number of carbonyl (C=O) groups is 1. The van der Waals surface area contributed by atoms with E-state index in [9.17, 15) is 23.1 Å². The molecule has 1 saturated heterocycles. The maximum atomic E-state index is 12.8. The Balaban J connectivity index is 2.05. The summed E-state index contributed by atoms with van der Waals surface area (Å²) in [6, 6.07) is 4.82. The molecule has 1 aromatic carbocycles. The van der Waals surface area contributed by atoms with Crippen LogP contribution < -0.4 is 10.9 Å². The molecule has 1 aromatic rings. The van der Waals surface area contributed by atoms with Crippen LogP contribution in [0, 0.1) is 0 Å². The van der Waals surface area contributed by atoms with Crippen molar-refractivity contribution >= 4 is 23.4 Å². The number of hydrogen-bond donors (Lipinski definition) is 3. The Hall–Kier alpha value is -1.41. The number of amides is 1. The van der Waals surface area contributed by atoms with Gasteiger partial charge in [-0.3, -0.25) is 15.6 Å². The molecule has 0 aliphatic carbocycles. The zero-order valence-corrected chi connectivity index (χ0v) is 11.9. The van der Waals surface area contributed by atoms with Gasteiger partial charge in [0, 0.05) is 0 Å². The van der Waals surface area contributed by atoms with Gasteiger partial charge in [-0.25, -0.2) is 0 Å². The number of para-hydroxylation sites is 1. The fourth-order valence-electron chi connectivity index (χ4n) is 2.02. The SMILES string of the molecule is O=C(NNc1ccccc1C(F)(F)F)C1(O)CCSCC1. The van der Waals surface area contributed by atoms with Crippen LogP contribution in [0.3, 0.4) is 0 Å². The standard InChI is InChI=1S/C13H15F3N2O2S/c14-13(15,16)9-3-1-2-4-10(9)17-18-11(19)12(20)5-7-21-8-6-12/h1-4,17,20H,5-8H2,(H,18,19). The van der Waals surface area contributed by atoms with Crippen LogP contribution in [0.25, 0.3) is 0 Å². The van der Waals surface area contributed by atoms with E-state index < -0.39 is 23.2 Å². The highest BCUT2D eigenvalue weighted by molar-refractivity contribution is 7.99. The fourth-order valence-corrected chi connectivity index (χ4v) is 3.18. The Morgan fingerprint density at radius 2 is 1.86 bits per heavy atom. The molecule has 0 bridgehead atoms. The number of rotatable bonds is 3. The lowest BCUT2D eigenvalue weighted by atomic mass is 9.96. The van der Waals surface area contributed by atoms with Crippen LogP contribution >= 0.6 is 11.8 Å². The van der Waals surface area contributed by atoms with Crippen molar-refractivity contribution in [1.29, 1.82) is 0 Å². The van der Waals surface area contributed by atoms with E-state index in [1.54, 1.807) is 11.8 Å². The van der Waals surface area contributed by atoms with E-state index in [0.29, 0.717) is 11.5 Å². The number of hydrazine groups is 1. The van der Waals surface area contributed by atoms with Gasteiger partial charge in [0.1, 0.15) is 5.60 Å². The molecule has 2 rings (SSSR count). The van der Waals surface area contributed by atoms with Gasteiger partial charge in [-0.1, -0.05) is 12.1 Å². The molecule has 116 valence electrons. The second kappa shape index (κ2) is 6.15. The van der Waals surface area contributed by atoms with E-state index >= 15 is 0 Å².